The van der Waals surface area contributed by atoms with Crippen molar-refractivity contribution in [1.29, 1.82) is 0 Å². The Balaban J connectivity index is 1.51. The molecule has 34 heavy (non-hydrogen) atoms. The maximum atomic E-state index is 13.2. The lowest BCUT2D eigenvalue weighted by Crippen LogP contribution is -2.52. The minimum Gasteiger partial charge on any atom is -0.490 e. The van der Waals surface area contributed by atoms with Crippen LogP contribution in [0.25, 0.3) is 0 Å². The molecule has 4 rings (SSSR count). The zero-order valence-corrected chi connectivity index (χ0v) is 20.1. The number of fused-ring (bicyclic) bond motifs is 1. The summed E-state index contributed by atoms with van der Waals surface area (Å²) in [5, 5.41) is 4.70. The Morgan fingerprint density at radius 2 is 1.94 bits per heavy atom. The Morgan fingerprint density at radius 3 is 2.62 bits per heavy atom. The second-order valence-corrected chi connectivity index (χ2v) is 10.1. The fourth-order valence-electron chi connectivity index (χ4n) is 4.27. The zero-order chi connectivity index (χ0) is 24.1. The summed E-state index contributed by atoms with van der Waals surface area (Å²) >= 11 is -2.19. The van der Waals surface area contributed by atoms with Gasteiger partial charge < -0.3 is 24.8 Å². The van der Waals surface area contributed by atoms with Crippen LogP contribution in [0.5, 0.6) is 5.75 Å². The third-order valence-corrected chi connectivity index (χ3v) is 7.34. The largest absolute Gasteiger partial charge is 0.490 e. The van der Waals surface area contributed by atoms with Crippen molar-refractivity contribution in [2.75, 3.05) is 25.1 Å². The monoisotopic (exact) mass is 485 g/mol. The maximum absolute atomic E-state index is 13.2. The first-order valence-electron chi connectivity index (χ1n) is 11.6. The van der Waals surface area contributed by atoms with Gasteiger partial charge in [-0.2, -0.15) is 0 Å². The molecule has 1 aliphatic carbocycles. The lowest BCUT2D eigenvalue weighted by molar-refractivity contribution is -0.123. The number of nitrogens with one attached hydrogen (secondary N) is 2. The van der Waals surface area contributed by atoms with Crippen molar-refractivity contribution in [3.8, 4) is 5.75 Å². The van der Waals surface area contributed by atoms with E-state index in [0.29, 0.717) is 30.3 Å². The summed E-state index contributed by atoms with van der Waals surface area (Å²) in [5.74, 6) is 0.201. The fraction of sp³-hybridized carbons (Fsp3) is 0.440. The SMILES string of the molecule is CN1CCOc2ccc(C(=O)N[C@@H](Cc3ccccc3)C(=O)N[C@@H](CC3CCC3)S(=O)O)cc21. The van der Waals surface area contributed by atoms with E-state index in [1.165, 1.54) is 0 Å². The molecule has 182 valence electrons. The summed E-state index contributed by atoms with van der Waals surface area (Å²) in [6.45, 7) is 1.31. The second kappa shape index (κ2) is 11.0. The first-order chi connectivity index (χ1) is 16.4. The Kier molecular flexibility index (Phi) is 7.84. The molecular formula is C25H31N3O5S. The minimum atomic E-state index is -2.19. The van der Waals surface area contributed by atoms with Crippen LogP contribution in [0.15, 0.2) is 48.5 Å². The number of anilines is 1. The van der Waals surface area contributed by atoms with Crippen LogP contribution in [0, 0.1) is 5.92 Å². The van der Waals surface area contributed by atoms with E-state index in [4.69, 9.17) is 4.74 Å². The number of carbonyl (C=O) groups is 2. The molecular weight excluding hydrogens is 454 g/mol. The molecule has 1 fully saturated rings. The highest BCUT2D eigenvalue weighted by Gasteiger charge is 2.30. The van der Waals surface area contributed by atoms with Gasteiger partial charge in [-0.05, 0) is 36.1 Å². The van der Waals surface area contributed by atoms with E-state index in [1.807, 2.05) is 42.3 Å². The molecule has 1 aliphatic heterocycles. The summed E-state index contributed by atoms with van der Waals surface area (Å²) < 4.78 is 27.3. The quantitative estimate of drug-likeness (QED) is 0.472. The van der Waals surface area contributed by atoms with E-state index in [1.54, 1.807) is 18.2 Å². The fourth-order valence-corrected chi connectivity index (χ4v) is 4.93. The van der Waals surface area contributed by atoms with Crippen molar-refractivity contribution in [1.82, 2.24) is 10.6 Å². The number of ether oxygens (including phenoxy) is 1. The molecule has 2 aromatic carbocycles. The van der Waals surface area contributed by atoms with Gasteiger partial charge in [0.15, 0.2) is 11.1 Å². The van der Waals surface area contributed by atoms with Crippen molar-refractivity contribution in [2.45, 2.75) is 43.5 Å². The molecule has 0 bridgehead atoms. The van der Waals surface area contributed by atoms with E-state index in [0.717, 1.165) is 37.1 Å². The molecule has 1 saturated carbocycles. The Labute approximate surface area is 202 Å². The van der Waals surface area contributed by atoms with Gasteiger partial charge in [0.05, 0.1) is 12.2 Å². The zero-order valence-electron chi connectivity index (χ0n) is 19.2. The van der Waals surface area contributed by atoms with Crippen LogP contribution in [-0.4, -0.2) is 52.2 Å². The number of hydrogen-bond acceptors (Lipinski definition) is 5. The molecule has 8 nitrogen and oxygen atoms in total. The molecule has 3 atom stereocenters. The Bertz CT molecular complexity index is 1040. The van der Waals surface area contributed by atoms with Crippen LogP contribution in [0.2, 0.25) is 0 Å². The van der Waals surface area contributed by atoms with Crippen molar-refractivity contribution in [3.05, 3.63) is 59.7 Å². The third kappa shape index (κ3) is 5.95. The van der Waals surface area contributed by atoms with Crippen molar-refractivity contribution in [3.63, 3.8) is 0 Å². The predicted octanol–water partition coefficient (Wildman–Crippen LogP) is 2.71. The normalized spacial score (nSPS) is 18.0. The van der Waals surface area contributed by atoms with Gasteiger partial charge in [-0.3, -0.25) is 9.59 Å². The Morgan fingerprint density at radius 1 is 1.18 bits per heavy atom. The minimum absolute atomic E-state index is 0.264. The van der Waals surface area contributed by atoms with Gasteiger partial charge in [-0.15, -0.1) is 0 Å². The highest BCUT2D eigenvalue weighted by molar-refractivity contribution is 7.79. The van der Waals surface area contributed by atoms with Gasteiger partial charge >= 0.3 is 0 Å². The Hall–Kier alpha value is -2.91. The molecule has 0 radical (unpaired) electrons. The molecule has 9 heteroatoms. The molecule has 3 N–H and O–H groups in total. The predicted molar refractivity (Wildman–Crippen MR) is 131 cm³/mol. The number of nitrogens with zero attached hydrogens (tertiary/aromatic N) is 1. The smallest absolute Gasteiger partial charge is 0.252 e. The van der Waals surface area contributed by atoms with Crippen LogP contribution in [0.4, 0.5) is 5.69 Å². The van der Waals surface area contributed by atoms with Gasteiger partial charge in [0.25, 0.3) is 5.91 Å². The average molecular weight is 486 g/mol. The topological polar surface area (TPSA) is 108 Å². The summed E-state index contributed by atoms with van der Waals surface area (Å²) in [5.41, 5.74) is 2.11. The van der Waals surface area contributed by atoms with Crippen LogP contribution >= 0.6 is 0 Å². The molecule has 2 aromatic rings. The van der Waals surface area contributed by atoms with Crippen LogP contribution in [0.3, 0.4) is 0 Å². The number of benzene rings is 2. The first-order valence-corrected chi connectivity index (χ1v) is 12.8. The highest BCUT2D eigenvalue weighted by Crippen LogP contribution is 2.32. The number of rotatable bonds is 9. The standard InChI is InChI=1S/C25H31N3O5S/c1-28-12-13-33-22-11-10-19(16-21(22)28)24(29)26-20(14-17-6-3-2-4-7-17)25(30)27-23(34(31)32)15-18-8-5-9-18/h2-4,6-7,10-11,16,18,20,23H,5,8-9,12-15H2,1H3,(H,26,29)(H,27,30)(H,31,32)/t20-,23+/m0/s1. The lowest BCUT2D eigenvalue weighted by Gasteiger charge is -2.29. The third-order valence-electron chi connectivity index (χ3n) is 6.54. The van der Waals surface area contributed by atoms with Crippen molar-refractivity contribution < 1.29 is 23.1 Å². The average Bonchev–Trinajstić information content (AvgIpc) is 2.80. The first kappa shape index (κ1) is 24.2. The van der Waals surface area contributed by atoms with Crippen LogP contribution in [0.1, 0.15) is 41.6 Å². The van der Waals surface area contributed by atoms with Gasteiger partial charge in [-0.25, -0.2) is 4.21 Å². The summed E-state index contributed by atoms with van der Waals surface area (Å²) in [6, 6.07) is 13.7. The molecule has 0 spiro atoms. The molecule has 1 heterocycles. The summed E-state index contributed by atoms with van der Waals surface area (Å²) in [7, 11) is 1.94. The van der Waals surface area contributed by atoms with E-state index in [2.05, 4.69) is 10.6 Å². The van der Waals surface area contributed by atoms with E-state index >= 15 is 0 Å². The summed E-state index contributed by atoms with van der Waals surface area (Å²) in [6.07, 6.45) is 3.84. The number of hydrogen-bond donors (Lipinski definition) is 3. The van der Waals surface area contributed by atoms with Gasteiger partial charge in [0.1, 0.15) is 23.8 Å². The van der Waals surface area contributed by atoms with E-state index in [-0.39, 0.29) is 6.42 Å². The van der Waals surface area contributed by atoms with Gasteiger partial charge in [0.2, 0.25) is 5.91 Å². The second-order valence-electron chi connectivity index (χ2n) is 8.97. The lowest BCUT2D eigenvalue weighted by atomic mass is 9.83. The number of amides is 2. The summed E-state index contributed by atoms with van der Waals surface area (Å²) in [4.78, 5) is 28.4. The number of carbonyl (C=O) groups excluding carboxylic acids is 2. The van der Waals surface area contributed by atoms with Crippen molar-refractivity contribution in [2.24, 2.45) is 5.92 Å². The van der Waals surface area contributed by atoms with E-state index in [9.17, 15) is 18.4 Å². The highest BCUT2D eigenvalue weighted by atomic mass is 32.2. The maximum Gasteiger partial charge on any atom is 0.252 e. The molecule has 2 aliphatic rings. The van der Waals surface area contributed by atoms with E-state index < -0.39 is 34.3 Å². The van der Waals surface area contributed by atoms with Gasteiger partial charge in [0, 0.05) is 19.0 Å². The number of likely N-dealkylation sites (N-methyl/N-ethyl adjacent to an activating group) is 1. The molecule has 0 saturated heterocycles. The molecule has 0 aromatic heterocycles. The van der Waals surface area contributed by atoms with Gasteiger partial charge in [-0.1, -0.05) is 49.6 Å². The van der Waals surface area contributed by atoms with Crippen LogP contribution < -0.4 is 20.3 Å². The van der Waals surface area contributed by atoms with Crippen LogP contribution in [-0.2, 0) is 22.3 Å². The molecule has 2 amide bonds. The molecule has 1 unspecified atom stereocenters. The van der Waals surface area contributed by atoms with Crippen molar-refractivity contribution >= 4 is 28.6 Å².